The molecule has 0 aromatic rings. The molecule has 0 bridgehead atoms. The number of likely N-dealkylation sites (tertiary alicyclic amines) is 1. The van der Waals surface area contributed by atoms with E-state index in [9.17, 15) is 4.79 Å². The number of hydrogen-bond acceptors (Lipinski definition) is 6. The molecule has 1 saturated carbocycles. The van der Waals surface area contributed by atoms with E-state index in [1.807, 2.05) is 20.8 Å². The number of nitrogens with zero attached hydrogens (tertiary/aromatic N) is 1. The van der Waals surface area contributed by atoms with Crippen molar-refractivity contribution < 1.29 is 32.9 Å². The first-order valence-corrected chi connectivity index (χ1v) is 10.3. The number of ether oxygens (including phenoxy) is 5. The third-order valence-electron chi connectivity index (χ3n) is 6.63. The molecule has 1 spiro atoms. The second kappa shape index (κ2) is 6.77. The van der Waals surface area contributed by atoms with E-state index < -0.39 is 52.6 Å². The molecule has 0 aromatic carbocycles. The lowest BCUT2D eigenvalue weighted by atomic mass is 9.73. The van der Waals surface area contributed by atoms with Crippen LogP contribution < -0.4 is 0 Å². The van der Waals surface area contributed by atoms with Crippen LogP contribution in [0.5, 0.6) is 0 Å². The number of amides is 1. The van der Waals surface area contributed by atoms with Crippen LogP contribution in [0, 0.1) is 5.92 Å². The summed E-state index contributed by atoms with van der Waals surface area (Å²) in [6.07, 6.45) is -0.235. The second-order valence-electron chi connectivity index (χ2n) is 10.3. The summed E-state index contributed by atoms with van der Waals surface area (Å²) in [5, 5.41) is 0. The van der Waals surface area contributed by atoms with E-state index in [1.165, 1.54) is 28.1 Å². The van der Waals surface area contributed by atoms with Crippen LogP contribution in [0.15, 0.2) is 0 Å². The van der Waals surface area contributed by atoms with Gasteiger partial charge >= 0.3 is 6.09 Å². The molecule has 2 saturated heterocycles. The number of carbonyl (C=O) groups is 1. The Morgan fingerprint density at radius 1 is 1.03 bits per heavy atom. The Kier molecular flexibility index (Phi) is 5.30. The molecule has 2 heterocycles. The first kappa shape index (κ1) is 22.7. The quantitative estimate of drug-likeness (QED) is 0.698. The summed E-state index contributed by atoms with van der Waals surface area (Å²) in [6, 6.07) is 0. The van der Waals surface area contributed by atoms with Gasteiger partial charge < -0.3 is 23.7 Å². The van der Waals surface area contributed by atoms with Crippen LogP contribution >= 0.6 is 0 Å². The fourth-order valence-electron chi connectivity index (χ4n) is 4.94. The first-order chi connectivity index (χ1) is 13.1. The van der Waals surface area contributed by atoms with Crippen LogP contribution in [0.3, 0.4) is 0 Å². The number of fused-ring (bicyclic) bond motifs is 1. The highest BCUT2D eigenvalue weighted by molar-refractivity contribution is 5.70. The summed E-state index contributed by atoms with van der Waals surface area (Å²) in [5.41, 5.74) is -2.91. The number of hydrogen-bond donors (Lipinski definition) is 0. The second-order valence-corrected chi connectivity index (χ2v) is 10.3. The van der Waals surface area contributed by atoms with Crippen LogP contribution in [0.4, 0.5) is 9.18 Å². The maximum atomic E-state index is 15.6. The van der Waals surface area contributed by atoms with Crippen molar-refractivity contribution in [3.05, 3.63) is 0 Å². The third kappa shape index (κ3) is 3.66. The predicted molar refractivity (Wildman–Crippen MR) is 104 cm³/mol. The molecule has 3 fully saturated rings. The Bertz CT molecular complexity index is 655. The number of alkyl halides is 1. The summed E-state index contributed by atoms with van der Waals surface area (Å²) < 4.78 is 45.2. The molecule has 0 aromatic heterocycles. The molecule has 29 heavy (non-hydrogen) atoms. The molecule has 5 unspecified atom stereocenters. The molecule has 0 N–H and O–H groups in total. The molecular weight excluding hydrogens is 381 g/mol. The van der Waals surface area contributed by atoms with Crippen molar-refractivity contribution >= 4 is 6.09 Å². The zero-order chi connectivity index (χ0) is 22.0. The molecule has 5 atom stereocenters. The lowest BCUT2D eigenvalue weighted by Gasteiger charge is -2.60. The lowest BCUT2D eigenvalue weighted by Crippen LogP contribution is -2.74. The minimum atomic E-state index is -1.61. The highest BCUT2D eigenvalue weighted by Gasteiger charge is 2.71. The van der Waals surface area contributed by atoms with Gasteiger partial charge in [0.2, 0.25) is 11.6 Å². The molecule has 1 aliphatic carbocycles. The number of rotatable bonds is 3. The predicted octanol–water partition coefficient (Wildman–Crippen LogP) is 3.64. The highest BCUT2D eigenvalue weighted by atomic mass is 19.1. The number of carbonyl (C=O) groups excluding carboxylic acids is 1. The summed E-state index contributed by atoms with van der Waals surface area (Å²) in [5.74, 6) is -3.05. The number of methoxy groups -OCH3 is 2. The molecule has 7 nitrogen and oxygen atoms in total. The van der Waals surface area contributed by atoms with E-state index in [4.69, 9.17) is 23.7 Å². The fraction of sp³-hybridized carbons (Fsp3) is 0.952. The Morgan fingerprint density at radius 2 is 1.55 bits per heavy atom. The molecule has 2 aliphatic heterocycles. The van der Waals surface area contributed by atoms with Gasteiger partial charge in [0.1, 0.15) is 17.4 Å². The Balaban J connectivity index is 2.01. The van der Waals surface area contributed by atoms with Gasteiger partial charge in [-0.15, -0.1) is 0 Å². The fourth-order valence-corrected chi connectivity index (χ4v) is 4.94. The monoisotopic (exact) mass is 417 g/mol. The zero-order valence-electron chi connectivity index (χ0n) is 19.1. The van der Waals surface area contributed by atoms with Gasteiger partial charge in [-0.2, -0.15) is 0 Å². The smallest absolute Gasteiger partial charge is 0.410 e. The van der Waals surface area contributed by atoms with Gasteiger partial charge in [-0.3, -0.25) is 4.90 Å². The molecule has 168 valence electrons. The summed E-state index contributed by atoms with van der Waals surface area (Å²) in [7, 11) is 3.02. The van der Waals surface area contributed by atoms with Crippen LogP contribution in [0.1, 0.15) is 61.3 Å². The Morgan fingerprint density at radius 3 is 1.97 bits per heavy atom. The van der Waals surface area contributed by atoms with Gasteiger partial charge in [-0.05, 0) is 61.3 Å². The third-order valence-corrected chi connectivity index (χ3v) is 6.63. The van der Waals surface area contributed by atoms with E-state index >= 15 is 4.39 Å². The van der Waals surface area contributed by atoms with E-state index in [2.05, 4.69) is 0 Å². The SMILES string of the molecule is COC1(C)OC2CN(C(=O)OC(C)(C)C)C3(CC3)C(C(C)(C)F)C2OC1(C)OC. The summed E-state index contributed by atoms with van der Waals surface area (Å²) >= 11 is 0. The largest absolute Gasteiger partial charge is 0.444 e. The van der Waals surface area contributed by atoms with E-state index in [-0.39, 0.29) is 6.54 Å². The van der Waals surface area contributed by atoms with Crippen LogP contribution in [-0.4, -0.2) is 72.3 Å². The van der Waals surface area contributed by atoms with Crippen molar-refractivity contribution in [3.8, 4) is 0 Å². The molecule has 8 heteroatoms. The first-order valence-electron chi connectivity index (χ1n) is 10.3. The highest BCUT2D eigenvalue weighted by Crippen LogP contribution is 2.59. The normalized spacial score (nSPS) is 39.2. The maximum Gasteiger partial charge on any atom is 0.410 e. The van der Waals surface area contributed by atoms with Gasteiger partial charge in [0.15, 0.2) is 0 Å². The molecule has 3 rings (SSSR count). The molecule has 0 radical (unpaired) electrons. The lowest BCUT2D eigenvalue weighted by molar-refractivity contribution is -0.461. The van der Waals surface area contributed by atoms with Crippen molar-refractivity contribution in [2.24, 2.45) is 5.92 Å². The summed E-state index contributed by atoms with van der Waals surface area (Å²) in [4.78, 5) is 14.7. The van der Waals surface area contributed by atoms with E-state index in [0.29, 0.717) is 12.8 Å². The Labute approximate surface area is 173 Å². The topological polar surface area (TPSA) is 66.5 Å². The van der Waals surface area contributed by atoms with Crippen molar-refractivity contribution in [1.29, 1.82) is 0 Å². The van der Waals surface area contributed by atoms with Gasteiger partial charge in [0.25, 0.3) is 0 Å². The number of halogens is 1. The van der Waals surface area contributed by atoms with E-state index in [1.54, 1.807) is 18.7 Å². The van der Waals surface area contributed by atoms with Crippen molar-refractivity contribution in [2.75, 3.05) is 20.8 Å². The maximum absolute atomic E-state index is 15.6. The van der Waals surface area contributed by atoms with Crippen LogP contribution in [0.2, 0.25) is 0 Å². The average Bonchev–Trinajstić information content (AvgIpc) is 3.33. The van der Waals surface area contributed by atoms with Crippen molar-refractivity contribution in [2.45, 2.75) is 102 Å². The van der Waals surface area contributed by atoms with E-state index in [0.717, 1.165) is 0 Å². The standard InChI is InChI=1S/C21H36FNO6/c1-17(2,3)29-16(24)23-12-13-14(15(18(4,5)22)21(23)10-11-21)28-20(7,26-9)19(6,25-8)27-13/h13-15H,10-12H2,1-9H3. The molecule has 3 aliphatic rings. The average molecular weight is 418 g/mol. The van der Waals surface area contributed by atoms with Crippen LogP contribution in [-0.2, 0) is 23.7 Å². The van der Waals surface area contributed by atoms with Crippen LogP contribution in [0.25, 0.3) is 0 Å². The van der Waals surface area contributed by atoms with Crippen molar-refractivity contribution in [3.63, 3.8) is 0 Å². The minimum absolute atomic E-state index is 0.241. The minimum Gasteiger partial charge on any atom is -0.444 e. The molecule has 1 amide bonds. The van der Waals surface area contributed by atoms with Gasteiger partial charge in [0, 0.05) is 20.1 Å². The molecular formula is C21H36FNO6. The van der Waals surface area contributed by atoms with Gasteiger partial charge in [-0.25, -0.2) is 9.18 Å². The number of piperidine rings is 1. The van der Waals surface area contributed by atoms with Gasteiger partial charge in [0.05, 0.1) is 18.2 Å². The van der Waals surface area contributed by atoms with Crippen molar-refractivity contribution in [1.82, 2.24) is 4.90 Å². The zero-order valence-corrected chi connectivity index (χ0v) is 19.1. The summed E-state index contributed by atoms with van der Waals surface area (Å²) in [6.45, 7) is 12.2. The Hall–Kier alpha value is -0.960. The van der Waals surface area contributed by atoms with Gasteiger partial charge in [-0.1, -0.05) is 0 Å².